The number of fused-ring (bicyclic) bond motifs is 3. The van der Waals surface area contributed by atoms with Crippen molar-refractivity contribution in [1.82, 2.24) is 15.8 Å². The molecule has 4 rings (SSSR count). The quantitative estimate of drug-likeness (QED) is 0.216. The van der Waals surface area contributed by atoms with Crippen molar-refractivity contribution < 1.29 is 14.7 Å². The van der Waals surface area contributed by atoms with Gasteiger partial charge in [0.1, 0.15) is 0 Å². The number of H-pyrrole nitrogens is 1. The fraction of sp³-hybridized carbons (Fsp3) is 0.261. The number of hydrogen-bond donors (Lipinski definition) is 4. The average molecular weight is 391 g/mol. The van der Waals surface area contributed by atoms with E-state index in [9.17, 15) is 4.79 Å². The van der Waals surface area contributed by atoms with Gasteiger partial charge >= 0.3 is 0 Å². The number of nitrogens with one attached hydrogen (secondary N) is 3. The Labute approximate surface area is 169 Å². The van der Waals surface area contributed by atoms with E-state index in [0.717, 1.165) is 38.1 Å². The standard InChI is InChI=1S/C23H25N3O3/c27-23(26-28)8-6-16-1-3-18(4-2-16)14-24-11-9-17-5-7-21-20(13-17)19-10-12-29-15-22(19)25-21/h1-8,13,24-25,28H,9-12,14-15H2,(H,26,27)/b8-6+. The summed E-state index contributed by atoms with van der Waals surface area (Å²) >= 11 is 0. The Balaban J connectivity index is 1.29. The van der Waals surface area contributed by atoms with Crippen LogP contribution in [0, 0.1) is 0 Å². The van der Waals surface area contributed by atoms with Crippen molar-refractivity contribution in [2.24, 2.45) is 0 Å². The van der Waals surface area contributed by atoms with Crippen LogP contribution >= 0.6 is 0 Å². The first-order chi connectivity index (χ1) is 14.2. The van der Waals surface area contributed by atoms with Crippen molar-refractivity contribution in [3.63, 3.8) is 0 Å². The summed E-state index contributed by atoms with van der Waals surface area (Å²) in [7, 11) is 0. The van der Waals surface area contributed by atoms with E-state index >= 15 is 0 Å². The molecule has 2 aromatic carbocycles. The molecule has 4 N–H and O–H groups in total. The number of hydroxylamine groups is 1. The molecule has 1 aromatic heterocycles. The van der Waals surface area contributed by atoms with E-state index in [-0.39, 0.29) is 0 Å². The third-order valence-corrected chi connectivity index (χ3v) is 5.24. The summed E-state index contributed by atoms with van der Waals surface area (Å²) in [5.74, 6) is -0.539. The maximum atomic E-state index is 11.0. The Bertz CT molecular complexity index is 1020. The van der Waals surface area contributed by atoms with E-state index in [2.05, 4.69) is 28.5 Å². The van der Waals surface area contributed by atoms with Crippen molar-refractivity contribution >= 4 is 22.9 Å². The molecule has 6 heteroatoms. The molecule has 0 radical (unpaired) electrons. The highest BCUT2D eigenvalue weighted by Crippen LogP contribution is 2.27. The molecular formula is C23H25N3O3. The third-order valence-electron chi connectivity index (χ3n) is 5.24. The molecule has 1 aliphatic rings. The maximum absolute atomic E-state index is 11.0. The molecule has 2 heterocycles. The van der Waals surface area contributed by atoms with Crippen LogP contribution in [-0.2, 0) is 35.5 Å². The Morgan fingerprint density at radius 2 is 2.00 bits per heavy atom. The monoisotopic (exact) mass is 391 g/mol. The first-order valence-corrected chi connectivity index (χ1v) is 9.85. The molecule has 0 aliphatic carbocycles. The van der Waals surface area contributed by atoms with Gasteiger partial charge in [-0.15, -0.1) is 0 Å². The lowest BCUT2D eigenvalue weighted by atomic mass is 10.0. The van der Waals surface area contributed by atoms with Gasteiger partial charge < -0.3 is 15.0 Å². The second kappa shape index (κ2) is 9.05. The lowest BCUT2D eigenvalue weighted by Crippen LogP contribution is -2.16. The van der Waals surface area contributed by atoms with Crippen molar-refractivity contribution in [3.8, 4) is 0 Å². The van der Waals surface area contributed by atoms with Crippen molar-refractivity contribution in [3.05, 3.63) is 76.5 Å². The molecule has 0 unspecified atom stereocenters. The number of amides is 1. The summed E-state index contributed by atoms with van der Waals surface area (Å²) < 4.78 is 5.54. The summed E-state index contributed by atoms with van der Waals surface area (Å²) in [5.41, 5.74) is 8.83. The van der Waals surface area contributed by atoms with Gasteiger partial charge in [0.15, 0.2) is 0 Å². The molecule has 0 fully saturated rings. The maximum Gasteiger partial charge on any atom is 0.267 e. The highest BCUT2D eigenvalue weighted by molar-refractivity contribution is 5.90. The number of rotatable bonds is 7. The second-order valence-corrected chi connectivity index (χ2v) is 7.24. The van der Waals surface area contributed by atoms with E-state index in [1.54, 1.807) is 11.6 Å². The molecule has 3 aromatic rings. The zero-order valence-electron chi connectivity index (χ0n) is 16.2. The number of hydrogen-bond acceptors (Lipinski definition) is 4. The summed E-state index contributed by atoms with van der Waals surface area (Å²) in [4.78, 5) is 14.5. The molecular weight excluding hydrogens is 366 g/mol. The predicted molar refractivity (Wildman–Crippen MR) is 112 cm³/mol. The minimum atomic E-state index is -0.539. The summed E-state index contributed by atoms with van der Waals surface area (Å²) in [5, 5.41) is 13.3. The van der Waals surface area contributed by atoms with E-state index in [1.807, 2.05) is 24.3 Å². The molecule has 0 spiro atoms. The lowest BCUT2D eigenvalue weighted by molar-refractivity contribution is -0.124. The summed E-state index contributed by atoms with van der Waals surface area (Å²) in [6.45, 7) is 3.18. The van der Waals surface area contributed by atoms with Crippen LogP contribution in [0.25, 0.3) is 17.0 Å². The first kappa shape index (κ1) is 19.4. The van der Waals surface area contributed by atoms with Gasteiger partial charge in [0, 0.05) is 29.2 Å². The number of aromatic nitrogens is 1. The van der Waals surface area contributed by atoms with Gasteiger partial charge in [-0.05, 0) is 59.8 Å². The topological polar surface area (TPSA) is 86.4 Å². The molecule has 1 amide bonds. The number of carbonyl (C=O) groups excluding carboxylic acids is 1. The van der Waals surface area contributed by atoms with Crippen LogP contribution in [0.5, 0.6) is 0 Å². The Kier molecular flexibility index (Phi) is 6.05. The number of ether oxygens (including phenoxy) is 1. The van der Waals surface area contributed by atoms with Gasteiger partial charge in [0.2, 0.25) is 0 Å². The second-order valence-electron chi connectivity index (χ2n) is 7.24. The van der Waals surface area contributed by atoms with Gasteiger partial charge in [0.25, 0.3) is 5.91 Å². The molecule has 29 heavy (non-hydrogen) atoms. The molecule has 0 saturated carbocycles. The molecule has 0 saturated heterocycles. The van der Waals surface area contributed by atoms with Gasteiger partial charge in [-0.1, -0.05) is 30.3 Å². The SMILES string of the molecule is O=C(/C=C/c1ccc(CNCCc2ccc3[nH]c4c(c3c2)CCOC4)cc1)NO. The van der Waals surface area contributed by atoms with E-state index in [0.29, 0.717) is 6.61 Å². The number of carbonyl (C=O) groups is 1. The van der Waals surface area contributed by atoms with Crippen LogP contribution in [-0.4, -0.2) is 29.3 Å². The van der Waals surface area contributed by atoms with Crippen molar-refractivity contribution in [2.45, 2.75) is 26.0 Å². The Morgan fingerprint density at radius 3 is 2.83 bits per heavy atom. The Morgan fingerprint density at radius 1 is 1.17 bits per heavy atom. The van der Waals surface area contributed by atoms with Crippen LogP contribution in [0.1, 0.15) is 27.9 Å². The third kappa shape index (κ3) is 4.74. The molecule has 0 bridgehead atoms. The van der Waals surface area contributed by atoms with Gasteiger partial charge in [-0.2, -0.15) is 0 Å². The van der Waals surface area contributed by atoms with Crippen LogP contribution in [0.3, 0.4) is 0 Å². The van der Waals surface area contributed by atoms with Gasteiger partial charge in [0.05, 0.1) is 13.2 Å². The number of aromatic amines is 1. The normalized spacial score (nSPS) is 13.7. The largest absolute Gasteiger partial charge is 0.375 e. The Hall–Kier alpha value is -2.93. The van der Waals surface area contributed by atoms with Gasteiger partial charge in [-0.3, -0.25) is 10.0 Å². The zero-order valence-corrected chi connectivity index (χ0v) is 16.2. The van der Waals surface area contributed by atoms with Crippen molar-refractivity contribution in [1.29, 1.82) is 0 Å². The first-order valence-electron chi connectivity index (χ1n) is 9.85. The minimum absolute atomic E-state index is 0.539. The fourth-order valence-electron chi connectivity index (χ4n) is 3.68. The summed E-state index contributed by atoms with van der Waals surface area (Å²) in [6, 6.07) is 14.6. The highest BCUT2D eigenvalue weighted by Gasteiger charge is 2.15. The van der Waals surface area contributed by atoms with Gasteiger partial charge in [-0.25, -0.2) is 5.48 Å². The highest BCUT2D eigenvalue weighted by atomic mass is 16.5. The fourth-order valence-corrected chi connectivity index (χ4v) is 3.68. The predicted octanol–water partition coefficient (Wildman–Crippen LogP) is 3.09. The lowest BCUT2D eigenvalue weighted by Gasteiger charge is -2.12. The summed E-state index contributed by atoms with van der Waals surface area (Å²) in [6.07, 6.45) is 4.90. The minimum Gasteiger partial charge on any atom is -0.375 e. The zero-order chi connectivity index (χ0) is 20.1. The average Bonchev–Trinajstić information content (AvgIpc) is 3.14. The van der Waals surface area contributed by atoms with Crippen LogP contribution < -0.4 is 10.8 Å². The molecule has 0 atom stereocenters. The van der Waals surface area contributed by atoms with E-state index in [4.69, 9.17) is 9.94 Å². The van der Waals surface area contributed by atoms with E-state index < -0.39 is 5.91 Å². The molecule has 6 nitrogen and oxygen atoms in total. The number of benzene rings is 2. The molecule has 150 valence electrons. The van der Waals surface area contributed by atoms with Crippen LogP contribution in [0.4, 0.5) is 0 Å². The van der Waals surface area contributed by atoms with Crippen LogP contribution in [0.15, 0.2) is 48.5 Å². The van der Waals surface area contributed by atoms with Crippen LogP contribution in [0.2, 0.25) is 0 Å². The van der Waals surface area contributed by atoms with Crippen molar-refractivity contribution in [2.75, 3.05) is 13.2 Å². The smallest absolute Gasteiger partial charge is 0.267 e. The molecule has 1 aliphatic heterocycles. The van der Waals surface area contributed by atoms with E-state index in [1.165, 1.54) is 39.4 Å².